The third-order valence-electron chi connectivity index (χ3n) is 4.18. The van der Waals surface area contributed by atoms with Gasteiger partial charge in [-0.05, 0) is 62.0 Å². The van der Waals surface area contributed by atoms with E-state index >= 15 is 0 Å². The number of aryl methyl sites for hydroxylation is 2. The number of anilines is 2. The van der Waals surface area contributed by atoms with Crippen molar-refractivity contribution in [3.8, 4) is 0 Å². The molecule has 0 spiro atoms. The molecular weight excluding hydrogens is 340 g/mol. The lowest BCUT2D eigenvalue weighted by molar-refractivity contribution is 0.0601. The normalized spacial score (nSPS) is 13.1. The molecule has 1 heterocycles. The lowest BCUT2D eigenvalue weighted by Crippen LogP contribution is -2.20. The van der Waals surface area contributed by atoms with Gasteiger partial charge in [0.05, 0.1) is 12.7 Å². The van der Waals surface area contributed by atoms with E-state index in [9.17, 15) is 4.79 Å². The Morgan fingerprint density at radius 3 is 2.71 bits per heavy atom. The molecule has 126 valence electrons. The molecule has 0 saturated carbocycles. The molecule has 0 bridgehead atoms. The van der Waals surface area contributed by atoms with E-state index in [1.807, 2.05) is 31.2 Å². The molecule has 1 aromatic carbocycles. The molecule has 0 saturated heterocycles. The predicted octanol–water partition coefficient (Wildman–Crippen LogP) is 4.53. The summed E-state index contributed by atoms with van der Waals surface area (Å²) in [6.07, 6.45) is 4.22. The lowest BCUT2D eigenvalue weighted by atomic mass is 9.95. The van der Waals surface area contributed by atoms with Crippen molar-refractivity contribution in [2.24, 2.45) is 0 Å². The van der Waals surface area contributed by atoms with Crippen LogP contribution in [0.2, 0.25) is 0 Å². The molecule has 2 N–H and O–H groups in total. The molecule has 24 heavy (non-hydrogen) atoms. The maximum Gasteiger partial charge on any atom is 0.341 e. The quantitative estimate of drug-likeness (QED) is 0.622. The van der Waals surface area contributed by atoms with Crippen molar-refractivity contribution < 1.29 is 9.53 Å². The zero-order chi connectivity index (χ0) is 17.1. The van der Waals surface area contributed by atoms with Crippen LogP contribution in [-0.4, -0.2) is 18.2 Å². The van der Waals surface area contributed by atoms with Crippen LogP contribution < -0.4 is 10.6 Å². The van der Waals surface area contributed by atoms with Gasteiger partial charge < -0.3 is 15.4 Å². The first-order chi connectivity index (χ1) is 11.6. The molecule has 1 aliphatic carbocycles. The van der Waals surface area contributed by atoms with Crippen molar-refractivity contribution in [2.75, 3.05) is 17.7 Å². The highest BCUT2D eigenvalue weighted by atomic mass is 32.1. The van der Waals surface area contributed by atoms with E-state index in [1.165, 1.54) is 18.4 Å². The van der Waals surface area contributed by atoms with Gasteiger partial charge >= 0.3 is 5.97 Å². The number of carbonyl (C=O) groups is 1. The Morgan fingerprint density at radius 1 is 1.21 bits per heavy atom. The van der Waals surface area contributed by atoms with E-state index in [1.54, 1.807) is 11.3 Å². The Kier molecular flexibility index (Phi) is 5.16. The highest BCUT2D eigenvalue weighted by Crippen LogP contribution is 2.38. The Hall–Kier alpha value is -1.92. The third-order valence-corrected chi connectivity index (χ3v) is 5.59. The molecule has 1 aromatic heterocycles. The van der Waals surface area contributed by atoms with Gasteiger partial charge in [0.2, 0.25) is 0 Å². The van der Waals surface area contributed by atoms with Crippen LogP contribution in [0.25, 0.3) is 0 Å². The number of fused-ring (bicyclic) bond motifs is 1. The standard InChI is InChI=1S/C18H20N2O2S2/c1-11-7-3-5-9-13(11)19-18(23)20-16-15(17(21)22-2)12-8-4-6-10-14(12)24-16/h3,5,7,9H,4,6,8,10H2,1-2H3,(H2,19,20,23). The number of thiocarbonyl (C=S) groups is 1. The first-order valence-electron chi connectivity index (χ1n) is 7.96. The minimum Gasteiger partial charge on any atom is -0.465 e. The molecule has 0 amide bonds. The highest BCUT2D eigenvalue weighted by Gasteiger charge is 2.26. The first kappa shape index (κ1) is 16.9. The Labute approximate surface area is 151 Å². The maximum absolute atomic E-state index is 12.2. The molecule has 0 radical (unpaired) electrons. The second-order valence-electron chi connectivity index (χ2n) is 5.80. The largest absolute Gasteiger partial charge is 0.465 e. The monoisotopic (exact) mass is 360 g/mol. The maximum atomic E-state index is 12.2. The summed E-state index contributed by atoms with van der Waals surface area (Å²) >= 11 is 7.04. The number of carbonyl (C=O) groups excluding carboxylic acids is 1. The van der Waals surface area contributed by atoms with Crippen molar-refractivity contribution in [1.82, 2.24) is 0 Å². The van der Waals surface area contributed by atoms with Crippen molar-refractivity contribution >= 4 is 45.3 Å². The van der Waals surface area contributed by atoms with Gasteiger partial charge in [-0.15, -0.1) is 11.3 Å². The van der Waals surface area contributed by atoms with E-state index in [0.717, 1.165) is 41.1 Å². The second-order valence-corrected chi connectivity index (χ2v) is 7.31. The summed E-state index contributed by atoms with van der Waals surface area (Å²) in [6.45, 7) is 2.02. The summed E-state index contributed by atoms with van der Waals surface area (Å²) in [5.41, 5.74) is 3.83. The van der Waals surface area contributed by atoms with E-state index in [2.05, 4.69) is 10.6 Å². The number of hydrogen-bond donors (Lipinski definition) is 2. The van der Waals surface area contributed by atoms with Crippen LogP contribution >= 0.6 is 23.6 Å². The average Bonchev–Trinajstić information content (AvgIpc) is 2.94. The van der Waals surface area contributed by atoms with Crippen molar-refractivity contribution in [3.05, 3.63) is 45.8 Å². The Morgan fingerprint density at radius 2 is 1.96 bits per heavy atom. The van der Waals surface area contributed by atoms with Gasteiger partial charge in [0.1, 0.15) is 5.00 Å². The van der Waals surface area contributed by atoms with Crippen LogP contribution in [0.4, 0.5) is 10.7 Å². The smallest absolute Gasteiger partial charge is 0.341 e. The van der Waals surface area contributed by atoms with Gasteiger partial charge in [-0.25, -0.2) is 4.79 Å². The molecular formula is C18H20N2O2S2. The molecule has 0 fully saturated rings. The van der Waals surface area contributed by atoms with Crippen LogP contribution in [0.1, 0.15) is 39.2 Å². The van der Waals surface area contributed by atoms with E-state index in [0.29, 0.717) is 10.7 Å². The number of ether oxygens (including phenoxy) is 1. The fraction of sp³-hybridized carbons (Fsp3) is 0.333. The van der Waals surface area contributed by atoms with Crippen molar-refractivity contribution in [2.45, 2.75) is 32.6 Å². The number of methoxy groups -OCH3 is 1. The summed E-state index contributed by atoms with van der Waals surface area (Å²) in [5, 5.41) is 7.65. The molecule has 4 nitrogen and oxygen atoms in total. The van der Waals surface area contributed by atoms with Crippen molar-refractivity contribution in [3.63, 3.8) is 0 Å². The predicted molar refractivity (Wildman–Crippen MR) is 103 cm³/mol. The second kappa shape index (κ2) is 7.32. The fourth-order valence-corrected chi connectivity index (χ4v) is 4.50. The number of nitrogens with one attached hydrogen (secondary N) is 2. The first-order valence-corrected chi connectivity index (χ1v) is 9.19. The van der Waals surface area contributed by atoms with Crippen LogP contribution in [0.5, 0.6) is 0 Å². The molecule has 1 aliphatic rings. The SMILES string of the molecule is COC(=O)c1c(NC(=S)Nc2ccccc2C)sc2c1CCCC2. The number of esters is 1. The van der Waals surface area contributed by atoms with Gasteiger partial charge in [-0.1, -0.05) is 18.2 Å². The highest BCUT2D eigenvalue weighted by molar-refractivity contribution is 7.80. The third kappa shape index (κ3) is 3.44. The summed E-state index contributed by atoms with van der Waals surface area (Å²) in [4.78, 5) is 13.5. The number of hydrogen-bond acceptors (Lipinski definition) is 4. The lowest BCUT2D eigenvalue weighted by Gasteiger charge is -2.13. The summed E-state index contributed by atoms with van der Waals surface area (Å²) in [6, 6.07) is 7.94. The molecule has 6 heteroatoms. The minimum absolute atomic E-state index is 0.296. The van der Waals surface area contributed by atoms with E-state index < -0.39 is 0 Å². The van der Waals surface area contributed by atoms with Gasteiger partial charge in [-0.3, -0.25) is 0 Å². The molecule has 0 aliphatic heterocycles. The van der Waals surface area contributed by atoms with Gasteiger partial charge in [0.15, 0.2) is 5.11 Å². The molecule has 0 atom stereocenters. The van der Waals surface area contributed by atoms with E-state index in [-0.39, 0.29) is 5.97 Å². The molecule has 2 aromatic rings. The summed E-state index contributed by atoms with van der Waals surface area (Å²) < 4.78 is 4.98. The van der Waals surface area contributed by atoms with E-state index in [4.69, 9.17) is 17.0 Å². The van der Waals surface area contributed by atoms with Gasteiger partial charge in [0.25, 0.3) is 0 Å². The van der Waals surface area contributed by atoms with Gasteiger partial charge in [-0.2, -0.15) is 0 Å². The molecule has 0 unspecified atom stereocenters. The molecule has 3 rings (SSSR count). The Balaban J connectivity index is 1.84. The number of thiophene rings is 1. The fourth-order valence-electron chi connectivity index (χ4n) is 2.94. The number of para-hydroxylation sites is 1. The minimum atomic E-state index is -0.296. The van der Waals surface area contributed by atoms with Crippen molar-refractivity contribution in [1.29, 1.82) is 0 Å². The Bertz CT molecular complexity index is 783. The zero-order valence-electron chi connectivity index (χ0n) is 13.8. The average molecular weight is 361 g/mol. The van der Waals surface area contributed by atoms with Crippen LogP contribution in [0.15, 0.2) is 24.3 Å². The summed E-state index contributed by atoms with van der Waals surface area (Å²) in [7, 11) is 1.42. The number of benzene rings is 1. The van der Waals surface area contributed by atoms with Gasteiger partial charge in [0, 0.05) is 10.6 Å². The number of rotatable bonds is 3. The van der Waals surface area contributed by atoms with Crippen LogP contribution in [-0.2, 0) is 17.6 Å². The van der Waals surface area contributed by atoms with Crippen LogP contribution in [0, 0.1) is 6.92 Å². The van der Waals surface area contributed by atoms with Crippen LogP contribution in [0.3, 0.4) is 0 Å². The topological polar surface area (TPSA) is 50.4 Å². The summed E-state index contributed by atoms with van der Waals surface area (Å²) in [5.74, 6) is -0.296. The zero-order valence-corrected chi connectivity index (χ0v) is 15.4.